The van der Waals surface area contributed by atoms with Crippen LogP contribution in [-0.2, 0) is 9.53 Å². The summed E-state index contributed by atoms with van der Waals surface area (Å²) in [6, 6.07) is 12.9. The Labute approximate surface area is 156 Å². The molecular weight excluding hydrogens is 380 g/mol. The van der Waals surface area contributed by atoms with Crippen LogP contribution in [0.1, 0.15) is 9.67 Å². The fourth-order valence-electron chi connectivity index (χ4n) is 2.24. The van der Waals surface area contributed by atoms with Crippen LogP contribution in [0.25, 0.3) is 10.1 Å². The highest BCUT2D eigenvalue weighted by Gasteiger charge is 2.18. The molecule has 132 valence electrons. The van der Waals surface area contributed by atoms with Crippen LogP contribution in [0.15, 0.2) is 48.5 Å². The first-order chi connectivity index (χ1) is 12.4. The van der Waals surface area contributed by atoms with Crippen molar-refractivity contribution in [2.45, 2.75) is 0 Å². The lowest BCUT2D eigenvalue weighted by Gasteiger charge is -2.07. The zero-order valence-electron chi connectivity index (χ0n) is 13.1. The topological polar surface area (TPSA) is 98.5 Å². The predicted molar refractivity (Wildman–Crippen MR) is 98.8 cm³/mol. The van der Waals surface area contributed by atoms with Crippen molar-refractivity contribution in [3.8, 4) is 0 Å². The van der Waals surface area contributed by atoms with Gasteiger partial charge in [0.15, 0.2) is 6.61 Å². The van der Waals surface area contributed by atoms with Gasteiger partial charge in [-0.2, -0.15) is 0 Å². The second kappa shape index (κ2) is 7.51. The molecule has 3 aromatic rings. The summed E-state index contributed by atoms with van der Waals surface area (Å²) in [5.74, 6) is -1.34. The molecule has 0 aliphatic heterocycles. The monoisotopic (exact) mass is 390 g/mol. The number of esters is 1. The van der Waals surface area contributed by atoms with Crippen molar-refractivity contribution in [3.05, 3.63) is 68.5 Å². The molecule has 0 saturated heterocycles. The van der Waals surface area contributed by atoms with E-state index in [1.54, 1.807) is 6.07 Å². The molecule has 1 aromatic heterocycles. The van der Waals surface area contributed by atoms with Crippen molar-refractivity contribution in [1.29, 1.82) is 0 Å². The fourth-order valence-corrected chi connectivity index (χ4v) is 3.37. The van der Waals surface area contributed by atoms with Gasteiger partial charge >= 0.3 is 5.97 Å². The number of ether oxygens (including phenoxy) is 1. The van der Waals surface area contributed by atoms with E-state index in [0.717, 1.165) is 10.1 Å². The van der Waals surface area contributed by atoms with Crippen molar-refractivity contribution in [2.75, 3.05) is 11.9 Å². The molecule has 0 bridgehead atoms. The highest BCUT2D eigenvalue weighted by Crippen LogP contribution is 2.28. The highest BCUT2D eigenvalue weighted by atomic mass is 35.5. The Bertz CT molecular complexity index is 984. The molecule has 0 atom stereocenters. The van der Waals surface area contributed by atoms with Crippen LogP contribution in [0.4, 0.5) is 11.4 Å². The van der Waals surface area contributed by atoms with E-state index in [-0.39, 0.29) is 16.4 Å². The molecule has 0 radical (unpaired) electrons. The molecular formula is C17H11ClN2O5S. The van der Waals surface area contributed by atoms with Crippen molar-refractivity contribution in [2.24, 2.45) is 0 Å². The lowest BCUT2D eigenvalue weighted by atomic mass is 10.2. The predicted octanol–water partition coefficient (Wildman–Crippen LogP) is 4.26. The molecule has 0 aliphatic carbocycles. The van der Waals surface area contributed by atoms with Crippen molar-refractivity contribution < 1.29 is 19.2 Å². The lowest BCUT2D eigenvalue weighted by molar-refractivity contribution is -0.383. The van der Waals surface area contributed by atoms with Crippen LogP contribution in [0, 0.1) is 10.1 Å². The Morgan fingerprint density at radius 1 is 1.19 bits per heavy atom. The van der Waals surface area contributed by atoms with Crippen LogP contribution in [0.5, 0.6) is 0 Å². The van der Waals surface area contributed by atoms with Crippen molar-refractivity contribution >= 4 is 56.3 Å². The van der Waals surface area contributed by atoms with Gasteiger partial charge in [-0.15, -0.1) is 11.3 Å². The zero-order chi connectivity index (χ0) is 18.7. The summed E-state index contributed by atoms with van der Waals surface area (Å²) < 4.78 is 5.91. The average Bonchev–Trinajstić information content (AvgIpc) is 3.03. The number of rotatable bonds is 5. The van der Waals surface area contributed by atoms with Gasteiger partial charge in [0, 0.05) is 15.8 Å². The number of hydrogen-bond donors (Lipinski definition) is 1. The number of hydrogen-bond acceptors (Lipinski definition) is 6. The van der Waals surface area contributed by atoms with E-state index in [9.17, 15) is 19.7 Å². The quantitative estimate of drug-likeness (QED) is 0.398. The molecule has 0 fully saturated rings. The maximum atomic E-state index is 12.1. The van der Waals surface area contributed by atoms with E-state index in [2.05, 4.69) is 5.32 Å². The molecule has 7 nitrogen and oxygen atoms in total. The lowest BCUT2D eigenvalue weighted by Crippen LogP contribution is -2.21. The summed E-state index contributed by atoms with van der Waals surface area (Å²) >= 11 is 7.05. The molecule has 26 heavy (non-hydrogen) atoms. The number of fused-ring (bicyclic) bond motifs is 1. The normalized spacial score (nSPS) is 10.5. The minimum Gasteiger partial charge on any atom is -0.451 e. The van der Waals surface area contributed by atoms with Gasteiger partial charge in [0.25, 0.3) is 11.6 Å². The van der Waals surface area contributed by atoms with Crippen LogP contribution >= 0.6 is 22.9 Å². The Hall–Kier alpha value is -2.97. The molecule has 1 heterocycles. The largest absolute Gasteiger partial charge is 0.451 e. The van der Waals surface area contributed by atoms with Gasteiger partial charge in [0.2, 0.25) is 0 Å². The maximum absolute atomic E-state index is 12.1. The Balaban J connectivity index is 1.65. The second-order valence-corrected chi connectivity index (χ2v) is 6.71. The first-order valence-electron chi connectivity index (χ1n) is 7.33. The van der Waals surface area contributed by atoms with Crippen molar-refractivity contribution in [1.82, 2.24) is 0 Å². The number of nitrogens with zero attached hydrogens (tertiary/aromatic N) is 1. The summed E-state index contributed by atoms with van der Waals surface area (Å²) in [6.45, 7) is -0.573. The highest BCUT2D eigenvalue weighted by molar-refractivity contribution is 7.20. The van der Waals surface area contributed by atoms with Crippen LogP contribution in [0.2, 0.25) is 5.02 Å². The number of nitro benzene ring substituents is 1. The molecule has 9 heteroatoms. The summed E-state index contributed by atoms with van der Waals surface area (Å²) in [6.07, 6.45) is 0. The summed E-state index contributed by atoms with van der Waals surface area (Å²) in [4.78, 5) is 34.7. The molecule has 2 aromatic carbocycles. The Morgan fingerprint density at radius 3 is 2.69 bits per heavy atom. The van der Waals surface area contributed by atoms with E-state index in [1.165, 1.54) is 29.5 Å². The number of carbonyl (C=O) groups excluding carboxylic acids is 2. The first kappa shape index (κ1) is 17.8. The van der Waals surface area contributed by atoms with Gasteiger partial charge in [0.1, 0.15) is 10.6 Å². The SMILES string of the molecule is O=C(COC(=O)c1cc2ccccc2s1)Nc1cc(Cl)ccc1[N+](=O)[O-]. The molecule has 0 aliphatic rings. The van der Waals surface area contributed by atoms with Gasteiger partial charge in [0.05, 0.1) is 4.92 Å². The molecule has 0 unspecified atom stereocenters. The average molecular weight is 391 g/mol. The molecule has 0 saturated carbocycles. The number of nitrogens with one attached hydrogen (secondary N) is 1. The minimum absolute atomic E-state index is 0.0644. The number of amides is 1. The molecule has 0 spiro atoms. The first-order valence-corrected chi connectivity index (χ1v) is 8.53. The van der Waals surface area contributed by atoms with E-state index >= 15 is 0 Å². The van der Waals surface area contributed by atoms with Gasteiger partial charge in [-0.05, 0) is 29.7 Å². The van der Waals surface area contributed by atoms with Crippen molar-refractivity contribution in [3.63, 3.8) is 0 Å². The van der Waals surface area contributed by atoms with E-state index in [4.69, 9.17) is 16.3 Å². The third-order valence-electron chi connectivity index (χ3n) is 3.39. The van der Waals surface area contributed by atoms with Gasteiger partial charge in [-0.1, -0.05) is 29.8 Å². The van der Waals surface area contributed by atoms with Crippen LogP contribution in [-0.4, -0.2) is 23.4 Å². The van der Waals surface area contributed by atoms with Crippen LogP contribution < -0.4 is 5.32 Å². The van der Waals surface area contributed by atoms with Crippen LogP contribution in [0.3, 0.4) is 0 Å². The Morgan fingerprint density at radius 2 is 1.96 bits per heavy atom. The fraction of sp³-hybridized carbons (Fsp3) is 0.0588. The number of halogens is 1. The minimum atomic E-state index is -0.704. The number of carbonyl (C=O) groups is 2. The number of thiophene rings is 1. The molecule has 3 rings (SSSR count). The third-order valence-corrected chi connectivity index (χ3v) is 4.72. The van der Waals surface area contributed by atoms with Gasteiger partial charge in [-0.3, -0.25) is 14.9 Å². The maximum Gasteiger partial charge on any atom is 0.348 e. The third kappa shape index (κ3) is 3.98. The Kier molecular flexibility index (Phi) is 5.15. The zero-order valence-corrected chi connectivity index (χ0v) is 14.7. The number of anilines is 1. The standard InChI is InChI=1S/C17H11ClN2O5S/c18-11-5-6-13(20(23)24)12(8-11)19-16(21)9-25-17(22)15-7-10-3-1-2-4-14(10)26-15/h1-8H,9H2,(H,19,21). The molecule has 1 N–H and O–H groups in total. The second-order valence-electron chi connectivity index (χ2n) is 5.19. The molecule has 1 amide bonds. The van der Waals surface area contributed by atoms with E-state index < -0.39 is 23.4 Å². The number of nitro groups is 1. The van der Waals surface area contributed by atoms with E-state index in [1.807, 2.05) is 24.3 Å². The smallest absolute Gasteiger partial charge is 0.348 e. The summed E-state index contributed by atoms with van der Waals surface area (Å²) in [7, 11) is 0. The van der Waals surface area contributed by atoms with Gasteiger partial charge in [-0.25, -0.2) is 4.79 Å². The number of benzene rings is 2. The summed E-state index contributed by atoms with van der Waals surface area (Å²) in [5, 5.41) is 14.4. The van der Waals surface area contributed by atoms with E-state index in [0.29, 0.717) is 4.88 Å². The van der Waals surface area contributed by atoms with Gasteiger partial charge < -0.3 is 10.1 Å². The summed E-state index contributed by atoms with van der Waals surface area (Å²) in [5.41, 5.74) is -0.371.